The van der Waals surface area contributed by atoms with Gasteiger partial charge in [0.25, 0.3) is 0 Å². The summed E-state index contributed by atoms with van der Waals surface area (Å²) < 4.78 is 0. The van der Waals surface area contributed by atoms with E-state index in [2.05, 4.69) is 28.7 Å². The van der Waals surface area contributed by atoms with Crippen LogP contribution in [0.25, 0.3) is 0 Å². The first-order valence-corrected chi connectivity index (χ1v) is 6.03. The van der Waals surface area contributed by atoms with Gasteiger partial charge in [-0.1, -0.05) is 13.8 Å². The lowest BCUT2D eigenvalue weighted by atomic mass is 10.1. The van der Waals surface area contributed by atoms with Crippen molar-refractivity contribution in [1.29, 1.82) is 0 Å². The van der Waals surface area contributed by atoms with E-state index in [1.54, 1.807) is 12.5 Å². The highest BCUT2D eigenvalue weighted by Gasteiger charge is 2.18. The van der Waals surface area contributed by atoms with E-state index in [9.17, 15) is 0 Å². The maximum atomic E-state index is 5.86. The zero-order valence-corrected chi connectivity index (χ0v) is 10.3. The zero-order chi connectivity index (χ0) is 11.8. The first-order chi connectivity index (χ1) is 7.83. The van der Waals surface area contributed by atoms with Crippen molar-refractivity contribution in [3.8, 4) is 0 Å². The average molecular weight is 222 g/mol. The molecule has 0 saturated heterocycles. The second kappa shape index (κ2) is 7.30. The number of aromatic nitrogens is 2. The van der Waals surface area contributed by atoms with Crippen LogP contribution in [0.4, 0.5) is 0 Å². The smallest absolute Gasteiger partial charge is 0.115 e. The van der Waals surface area contributed by atoms with Crippen molar-refractivity contribution in [2.75, 3.05) is 19.6 Å². The molecule has 1 unspecified atom stereocenters. The predicted molar refractivity (Wildman–Crippen MR) is 66.0 cm³/mol. The van der Waals surface area contributed by atoms with Crippen LogP contribution in [0.1, 0.15) is 38.4 Å². The van der Waals surface area contributed by atoms with E-state index in [4.69, 9.17) is 5.73 Å². The van der Waals surface area contributed by atoms with Crippen molar-refractivity contribution in [1.82, 2.24) is 14.9 Å². The molecule has 0 aromatic carbocycles. The zero-order valence-electron chi connectivity index (χ0n) is 10.3. The molecule has 0 spiro atoms. The molecule has 1 rings (SSSR count). The van der Waals surface area contributed by atoms with Crippen molar-refractivity contribution in [2.24, 2.45) is 5.73 Å². The Labute approximate surface area is 97.9 Å². The molecule has 16 heavy (non-hydrogen) atoms. The molecule has 0 saturated carbocycles. The van der Waals surface area contributed by atoms with Gasteiger partial charge < -0.3 is 5.73 Å². The Morgan fingerprint density at radius 1 is 1.31 bits per heavy atom. The fraction of sp³-hybridized carbons (Fsp3) is 0.667. The number of nitrogens with two attached hydrogens (primary N) is 1. The Balaban J connectivity index is 2.77. The highest BCUT2D eigenvalue weighted by atomic mass is 15.2. The van der Waals surface area contributed by atoms with Crippen LogP contribution in [0.5, 0.6) is 0 Å². The lowest BCUT2D eigenvalue weighted by molar-refractivity contribution is 0.198. The van der Waals surface area contributed by atoms with Gasteiger partial charge >= 0.3 is 0 Å². The Kier molecular flexibility index (Phi) is 5.96. The topological polar surface area (TPSA) is 55.0 Å². The van der Waals surface area contributed by atoms with E-state index in [0.29, 0.717) is 6.54 Å². The average Bonchev–Trinajstić information content (AvgIpc) is 2.32. The number of nitrogens with zero attached hydrogens (tertiary/aromatic N) is 3. The molecule has 0 aliphatic heterocycles. The van der Waals surface area contributed by atoms with Gasteiger partial charge in [0.05, 0.1) is 11.7 Å². The first-order valence-electron chi connectivity index (χ1n) is 6.03. The van der Waals surface area contributed by atoms with Gasteiger partial charge in [-0.25, -0.2) is 9.97 Å². The van der Waals surface area contributed by atoms with Gasteiger partial charge in [-0.3, -0.25) is 4.90 Å². The Morgan fingerprint density at radius 3 is 2.44 bits per heavy atom. The van der Waals surface area contributed by atoms with E-state index in [0.717, 1.165) is 31.6 Å². The van der Waals surface area contributed by atoms with Gasteiger partial charge in [-0.2, -0.15) is 0 Å². The summed E-state index contributed by atoms with van der Waals surface area (Å²) in [5.41, 5.74) is 6.89. The molecule has 0 fully saturated rings. The van der Waals surface area contributed by atoms with Crippen molar-refractivity contribution < 1.29 is 0 Å². The summed E-state index contributed by atoms with van der Waals surface area (Å²) in [4.78, 5) is 10.7. The van der Waals surface area contributed by atoms with Crippen molar-refractivity contribution in [2.45, 2.75) is 32.7 Å². The normalized spacial score (nSPS) is 13.0. The molecular formula is C12H22N4. The predicted octanol–water partition coefficient (Wildman–Crippen LogP) is 1.60. The van der Waals surface area contributed by atoms with E-state index in [1.165, 1.54) is 0 Å². The summed E-state index contributed by atoms with van der Waals surface area (Å²) in [6.07, 6.45) is 5.65. The van der Waals surface area contributed by atoms with Crippen LogP contribution in [-0.4, -0.2) is 34.5 Å². The Hall–Kier alpha value is -1.00. The minimum absolute atomic E-state index is 0.225. The third-order valence-electron chi connectivity index (χ3n) is 2.63. The fourth-order valence-electron chi connectivity index (χ4n) is 1.95. The van der Waals surface area contributed by atoms with Crippen LogP contribution in [-0.2, 0) is 0 Å². The Bertz CT molecular complexity index is 270. The fourth-order valence-corrected chi connectivity index (χ4v) is 1.95. The highest BCUT2D eigenvalue weighted by Crippen LogP contribution is 2.17. The first kappa shape index (κ1) is 13.1. The van der Waals surface area contributed by atoms with Crippen molar-refractivity contribution in [3.63, 3.8) is 0 Å². The monoisotopic (exact) mass is 222 g/mol. The van der Waals surface area contributed by atoms with Crippen molar-refractivity contribution >= 4 is 0 Å². The second-order valence-corrected chi connectivity index (χ2v) is 3.92. The number of hydrogen-bond acceptors (Lipinski definition) is 4. The van der Waals surface area contributed by atoms with Crippen LogP contribution >= 0.6 is 0 Å². The van der Waals surface area contributed by atoms with E-state index in [-0.39, 0.29) is 6.04 Å². The summed E-state index contributed by atoms with van der Waals surface area (Å²) >= 11 is 0. The minimum Gasteiger partial charge on any atom is -0.329 e. The third kappa shape index (κ3) is 3.54. The summed E-state index contributed by atoms with van der Waals surface area (Å²) in [5, 5.41) is 0. The van der Waals surface area contributed by atoms with Crippen LogP contribution in [0.15, 0.2) is 18.6 Å². The van der Waals surface area contributed by atoms with Gasteiger partial charge in [-0.15, -0.1) is 0 Å². The molecule has 1 aromatic rings. The highest BCUT2D eigenvalue weighted by molar-refractivity contribution is 5.05. The number of hydrogen-bond donors (Lipinski definition) is 1. The molecule has 1 aromatic heterocycles. The summed E-state index contributed by atoms with van der Waals surface area (Å²) in [6.45, 7) is 7.13. The molecule has 0 radical (unpaired) electrons. The largest absolute Gasteiger partial charge is 0.329 e. The quantitative estimate of drug-likeness (QED) is 0.761. The van der Waals surface area contributed by atoms with Gasteiger partial charge in [0, 0.05) is 12.7 Å². The molecule has 1 heterocycles. The van der Waals surface area contributed by atoms with E-state index >= 15 is 0 Å². The maximum absolute atomic E-state index is 5.86. The van der Waals surface area contributed by atoms with Gasteiger partial charge in [-0.05, 0) is 32.0 Å². The molecule has 4 nitrogen and oxygen atoms in total. The molecule has 2 N–H and O–H groups in total. The minimum atomic E-state index is 0.225. The molecule has 90 valence electrons. The molecule has 4 heteroatoms. The van der Waals surface area contributed by atoms with E-state index < -0.39 is 0 Å². The summed E-state index contributed by atoms with van der Waals surface area (Å²) in [6, 6.07) is 2.18. The molecule has 0 amide bonds. The number of rotatable bonds is 7. The van der Waals surface area contributed by atoms with Crippen LogP contribution in [0.3, 0.4) is 0 Å². The van der Waals surface area contributed by atoms with Crippen molar-refractivity contribution in [3.05, 3.63) is 24.3 Å². The summed E-state index contributed by atoms with van der Waals surface area (Å²) in [5.74, 6) is 0. The molecule has 1 atom stereocenters. The van der Waals surface area contributed by atoms with Gasteiger partial charge in [0.1, 0.15) is 6.33 Å². The molecular weight excluding hydrogens is 200 g/mol. The Morgan fingerprint density at radius 2 is 2.00 bits per heavy atom. The molecule has 0 bridgehead atoms. The third-order valence-corrected chi connectivity index (χ3v) is 2.63. The van der Waals surface area contributed by atoms with Crippen LogP contribution in [0, 0.1) is 0 Å². The second-order valence-electron chi connectivity index (χ2n) is 3.92. The maximum Gasteiger partial charge on any atom is 0.115 e. The van der Waals surface area contributed by atoms with Gasteiger partial charge in [0.2, 0.25) is 0 Å². The van der Waals surface area contributed by atoms with Gasteiger partial charge in [0.15, 0.2) is 0 Å². The van der Waals surface area contributed by atoms with Crippen LogP contribution < -0.4 is 5.73 Å². The lowest BCUT2D eigenvalue weighted by Gasteiger charge is -2.29. The van der Waals surface area contributed by atoms with E-state index in [1.807, 2.05) is 6.07 Å². The standard InChI is InChI=1S/C12H22N4/c1-3-7-16(8-4-2)12(9-13)11-5-6-14-10-15-11/h5-6,10,12H,3-4,7-9,13H2,1-2H3. The molecule has 0 aliphatic rings. The summed E-state index contributed by atoms with van der Waals surface area (Å²) in [7, 11) is 0. The SMILES string of the molecule is CCCN(CCC)C(CN)c1ccncn1. The van der Waals surface area contributed by atoms with Crippen LogP contribution in [0.2, 0.25) is 0 Å². The lowest BCUT2D eigenvalue weighted by Crippen LogP contribution is -2.35. The molecule has 0 aliphatic carbocycles.